The van der Waals surface area contributed by atoms with E-state index in [9.17, 15) is 9.50 Å². The highest BCUT2D eigenvalue weighted by atomic mass is 19.1. The van der Waals surface area contributed by atoms with Gasteiger partial charge < -0.3 is 9.84 Å². The van der Waals surface area contributed by atoms with Gasteiger partial charge in [-0.15, -0.1) is 0 Å². The van der Waals surface area contributed by atoms with E-state index in [4.69, 9.17) is 10.00 Å². The molecule has 112 valence electrons. The van der Waals surface area contributed by atoms with Crippen LogP contribution in [0.1, 0.15) is 24.0 Å². The van der Waals surface area contributed by atoms with Crippen LogP contribution in [0.2, 0.25) is 0 Å². The zero-order valence-electron chi connectivity index (χ0n) is 12.1. The summed E-state index contributed by atoms with van der Waals surface area (Å²) in [6, 6.07) is 6.68. The second-order valence-electron chi connectivity index (χ2n) is 6.09. The molecule has 0 saturated carbocycles. The maximum atomic E-state index is 13.7. The maximum absolute atomic E-state index is 13.7. The SMILES string of the molecule is CN1C2COCC1CC(O)(c1cc(F)ccc1CC#N)C2. The van der Waals surface area contributed by atoms with Crippen LogP contribution >= 0.6 is 0 Å². The van der Waals surface area contributed by atoms with E-state index < -0.39 is 5.60 Å². The van der Waals surface area contributed by atoms with E-state index in [1.54, 1.807) is 6.07 Å². The van der Waals surface area contributed by atoms with Gasteiger partial charge in [0.1, 0.15) is 5.82 Å². The molecule has 0 aliphatic carbocycles. The third-order valence-corrected chi connectivity index (χ3v) is 4.76. The third kappa shape index (κ3) is 2.55. The van der Waals surface area contributed by atoms with E-state index >= 15 is 0 Å². The number of piperidine rings is 1. The molecule has 21 heavy (non-hydrogen) atoms. The molecule has 1 aromatic carbocycles. The first-order valence-electron chi connectivity index (χ1n) is 7.21. The predicted octanol–water partition coefficient (Wildman–Crippen LogP) is 1.57. The predicted molar refractivity (Wildman–Crippen MR) is 75.0 cm³/mol. The minimum absolute atomic E-state index is 0.126. The van der Waals surface area contributed by atoms with Crippen molar-refractivity contribution in [2.45, 2.75) is 36.9 Å². The molecule has 4 nitrogen and oxygen atoms in total. The molecule has 2 heterocycles. The number of morpholine rings is 1. The monoisotopic (exact) mass is 290 g/mol. The molecule has 5 heteroatoms. The zero-order valence-corrected chi connectivity index (χ0v) is 12.1. The van der Waals surface area contributed by atoms with Crippen LogP contribution in [0.25, 0.3) is 0 Å². The first-order valence-corrected chi connectivity index (χ1v) is 7.21. The van der Waals surface area contributed by atoms with Crippen LogP contribution < -0.4 is 0 Å². The van der Waals surface area contributed by atoms with Gasteiger partial charge in [-0.3, -0.25) is 4.90 Å². The number of hydrogen-bond donors (Lipinski definition) is 1. The Bertz CT molecular complexity index is 570. The molecule has 1 aromatic rings. The van der Waals surface area contributed by atoms with E-state index in [2.05, 4.69) is 11.0 Å². The van der Waals surface area contributed by atoms with Gasteiger partial charge in [0.2, 0.25) is 0 Å². The van der Waals surface area contributed by atoms with Crippen LogP contribution in [0.4, 0.5) is 4.39 Å². The Labute approximate surface area is 123 Å². The lowest BCUT2D eigenvalue weighted by molar-refractivity contribution is -0.138. The second-order valence-corrected chi connectivity index (χ2v) is 6.09. The van der Waals surface area contributed by atoms with Crippen molar-refractivity contribution >= 4 is 0 Å². The largest absolute Gasteiger partial charge is 0.385 e. The molecule has 2 fully saturated rings. The van der Waals surface area contributed by atoms with E-state index in [1.807, 2.05) is 7.05 Å². The summed E-state index contributed by atoms with van der Waals surface area (Å²) in [5, 5.41) is 20.1. The van der Waals surface area contributed by atoms with Gasteiger partial charge in [-0.25, -0.2) is 4.39 Å². The van der Waals surface area contributed by atoms with Gasteiger partial charge in [0.15, 0.2) is 0 Å². The summed E-state index contributed by atoms with van der Waals surface area (Å²) < 4.78 is 19.2. The number of aliphatic hydroxyl groups is 1. The van der Waals surface area contributed by atoms with Crippen LogP contribution in [0.5, 0.6) is 0 Å². The van der Waals surface area contributed by atoms with Crippen molar-refractivity contribution in [1.82, 2.24) is 4.90 Å². The minimum Gasteiger partial charge on any atom is -0.385 e. The first kappa shape index (κ1) is 14.5. The van der Waals surface area contributed by atoms with Gasteiger partial charge in [-0.2, -0.15) is 5.26 Å². The molecule has 2 bridgehead atoms. The van der Waals surface area contributed by atoms with Gasteiger partial charge >= 0.3 is 0 Å². The van der Waals surface area contributed by atoms with Crippen molar-refractivity contribution < 1.29 is 14.2 Å². The Morgan fingerprint density at radius 1 is 1.43 bits per heavy atom. The fourth-order valence-corrected chi connectivity index (χ4v) is 3.58. The standard InChI is InChI=1S/C16H19FN2O2/c1-19-13-7-16(20,8-14(19)10-21-9-13)15-6-12(17)3-2-11(15)4-5-18/h2-3,6,13-14,20H,4,7-10H2,1H3. The smallest absolute Gasteiger partial charge is 0.123 e. The number of nitriles is 1. The Hall–Kier alpha value is -1.48. The van der Waals surface area contributed by atoms with Crippen molar-refractivity contribution in [3.05, 3.63) is 35.1 Å². The highest BCUT2D eigenvalue weighted by Crippen LogP contribution is 2.41. The van der Waals surface area contributed by atoms with Gasteiger partial charge in [-0.05, 0) is 43.1 Å². The third-order valence-electron chi connectivity index (χ3n) is 4.76. The minimum atomic E-state index is -1.08. The highest BCUT2D eigenvalue weighted by molar-refractivity contribution is 5.36. The molecule has 2 aliphatic rings. The number of fused-ring (bicyclic) bond motifs is 2. The summed E-state index contributed by atoms with van der Waals surface area (Å²) in [5.74, 6) is -0.375. The lowest BCUT2D eigenvalue weighted by atomic mass is 9.75. The normalized spacial score (nSPS) is 32.7. The summed E-state index contributed by atoms with van der Waals surface area (Å²) in [6.07, 6.45) is 1.18. The molecule has 0 amide bonds. The topological polar surface area (TPSA) is 56.5 Å². The van der Waals surface area contributed by atoms with Crippen LogP contribution in [0.15, 0.2) is 18.2 Å². The average Bonchev–Trinajstić information content (AvgIpc) is 2.43. The first-order chi connectivity index (χ1) is 10.0. The molecule has 3 rings (SSSR count). The zero-order chi connectivity index (χ0) is 15.0. The van der Waals surface area contributed by atoms with Crippen LogP contribution in [-0.2, 0) is 16.8 Å². The average molecular weight is 290 g/mol. The Kier molecular flexibility index (Phi) is 3.70. The molecule has 2 atom stereocenters. The van der Waals surface area contributed by atoms with Crippen LogP contribution in [0, 0.1) is 17.1 Å². The van der Waals surface area contributed by atoms with Gasteiger partial charge in [0.25, 0.3) is 0 Å². The molecule has 2 unspecified atom stereocenters. The van der Waals surface area contributed by atoms with E-state index in [-0.39, 0.29) is 24.3 Å². The molecule has 0 radical (unpaired) electrons. The molecule has 0 aromatic heterocycles. The number of hydrogen-bond acceptors (Lipinski definition) is 4. The lowest BCUT2D eigenvalue weighted by Gasteiger charge is -2.50. The van der Waals surface area contributed by atoms with Crippen LogP contribution in [0.3, 0.4) is 0 Å². The number of halogens is 1. The molecule has 1 N–H and O–H groups in total. The Morgan fingerprint density at radius 2 is 2.10 bits per heavy atom. The van der Waals surface area contributed by atoms with Crippen molar-refractivity contribution in [3.8, 4) is 6.07 Å². The van der Waals surface area contributed by atoms with Gasteiger partial charge in [-0.1, -0.05) is 6.07 Å². The summed E-state index contributed by atoms with van der Waals surface area (Å²) >= 11 is 0. The van der Waals surface area contributed by atoms with E-state index in [1.165, 1.54) is 12.1 Å². The summed E-state index contributed by atoms with van der Waals surface area (Å²) in [4.78, 5) is 2.24. The summed E-state index contributed by atoms with van der Waals surface area (Å²) in [5.41, 5.74) is 0.193. The van der Waals surface area contributed by atoms with Gasteiger partial charge in [0, 0.05) is 12.1 Å². The fraction of sp³-hybridized carbons (Fsp3) is 0.562. The van der Waals surface area contributed by atoms with Crippen molar-refractivity contribution in [1.29, 1.82) is 5.26 Å². The Morgan fingerprint density at radius 3 is 2.71 bits per heavy atom. The molecule has 0 spiro atoms. The fourth-order valence-electron chi connectivity index (χ4n) is 3.58. The number of ether oxygens (including phenoxy) is 1. The van der Waals surface area contributed by atoms with Crippen LogP contribution in [-0.4, -0.2) is 42.4 Å². The second kappa shape index (κ2) is 5.38. The molecular weight excluding hydrogens is 271 g/mol. The Balaban J connectivity index is 1.99. The van der Waals surface area contributed by atoms with E-state index in [0.29, 0.717) is 37.2 Å². The molecule has 2 aliphatic heterocycles. The number of nitrogens with zero attached hydrogens (tertiary/aromatic N) is 2. The van der Waals surface area contributed by atoms with E-state index in [0.717, 1.165) is 0 Å². The number of likely N-dealkylation sites (N-methyl/N-ethyl adjacent to an activating group) is 1. The van der Waals surface area contributed by atoms with Gasteiger partial charge in [0.05, 0.1) is 31.3 Å². The molecular formula is C16H19FN2O2. The van der Waals surface area contributed by atoms with Crippen molar-refractivity contribution in [2.75, 3.05) is 20.3 Å². The summed E-state index contributed by atoms with van der Waals surface area (Å²) in [7, 11) is 2.04. The quantitative estimate of drug-likeness (QED) is 0.898. The highest BCUT2D eigenvalue weighted by Gasteiger charge is 2.46. The van der Waals surface area contributed by atoms with Crippen molar-refractivity contribution in [2.24, 2.45) is 0 Å². The number of benzene rings is 1. The summed E-state index contributed by atoms with van der Waals surface area (Å²) in [6.45, 7) is 1.16. The van der Waals surface area contributed by atoms with Crippen molar-refractivity contribution in [3.63, 3.8) is 0 Å². The lowest BCUT2D eigenvalue weighted by Crippen LogP contribution is -2.59. The maximum Gasteiger partial charge on any atom is 0.123 e. The number of rotatable bonds is 2. The molecule has 2 saturated heterocycles.